The molecule has 0 aliphatic heterocycles. The van der Waals surface area contributed by atoms with E-state index >= 15 is 0 Å². The van der Waals surface area contributed by atoms with Gasteiger partial charge < -0.3 is 0 Å². The van der Waals surface area contributed by atoms with E-state index in [0.717, 1.165) is 17.7 Å². The van der Waals surface area contributed by atoms with E-state index in [1.807, 2.05) is 6.20 Å². The highest BCUT2D eigenvalue weighted by molar-refractivity contribution is 9.09. The Bertz CT molecular complexity index is 358. The summed E-state index contributed by atoms with van der Waals surface area (Å²) in [5, 5.41) is 4.53. The van der Waals surface area contributed by atoms with Crippen molar-refractivity contribution >= 4 is 27.3 Å². The molecule has 1 aromatic rings. The SMILES string of the molecule is CC(C)(C)C1CCC(CBr)(Cc2nccs2)CC1. The largest absolute Gasteiger partial charge is 0.250 e. The van der Waals surface area contributed by atoms with Crippen molar-refractivity contribution in [3.63, 3.8) is 0 Å². The fraction of sp³-hybridized carbons (Fsp3) is 0.800. The second-order valence-corrected chi connectivity index (χ2v) is 8.42. The summed E-state index contributed by atoms with van der Waals surface area (Å²) in [5.41, 5.74) is 0.930. The van der Waals surface area contributed by atoms with Gasteiger partial charge in [-0.25, -0.2) is 4.98 Å². The molecule has 0 saturated heterocycles. The van der Waals surface area contributed by atoms with Crippen molar-refractivity contribution in [2.24, 2.45) is 16.7 Å². The van der Waals surface area contributed by atoms with E-state index in [9.17, 15) is 0 Å². The normalized spacial score (nSPS) is 29.4. The molecule has 1 saturated carbocycles. The maximum atomic E-state index is 4.47. The van der Waals surface area contributed by atoms with Gasteiger partial charge in [0.25, 0.3) is 0 Å². The van der Waals surface area contributed by atoms with Gasteiger partial charge in [0.05, 0.1) is 5.01 Å². The van der Waals surface area contributed by atoms with E-state index in [0.29, 0.717) is 10.8 Å². The molecule has 1 heterocycles. The fourth-order valence-corrected chi connectivity index (χ4v) is 4.66. The third kappa shape index (κ3) is 3.36. The highest BCUT2D eigenvalue weighted by Gasteiger charge is 2.38. The quantitative estimate of drug-likeness (QED) is 0.685. The highest BCUT2D eigenvalue weighted by Crippen LogP contribution is 2.47. The van der Waals surface area contributed by atoms with E-state index in [1.54, 1.807) is 11.3 Å². The molecule has 0 bridgehead atoms. The number of thiazole rings is 1. The predicted molar refractivity (Wildman–Crippen MR) is 83.5 cm³/mol. The maximum absolute atomic E-state index is 4.47. The summed E-state index contributed by atoms with van der Waals surface area (Å²) in [4.78, 5) is 4.47. The van der Waals surface area contributed by atoms with Gasteiger partial charge in [-0.05, 0) is 42.4 Å². The minimum Gasteiger partial charge on any atom is -0.250 e. The molecule has 0 spiro atoms. The second kappa shape index (κ2) is 5.62. The van der Waals surface area contributed by atoms with Gasteiger partial charge in [-0.3, -0.25) is 0 Å². The molecule has 0 atom stereocenters. The molecule has 1 aliphatic rings. The molecule has 0 amide bonds. The summed E-state index contributed by atoms with van der Waals surface area (Å²) in [6.07, 6.45) is 8.54. The Labute approximate surface area is 124 Å². The van der Waals surface area contributed by atoms with E-state index in [4.69, 9.17) is 0 Å². The van der Waals surface area contributed by atoms with E-state index in [2.05, 4.69) is 47.1 Å². The number of nitrogens with zero attached hydrogens (tertiary/aromatic N) is 1. The summed E-state index contributed by atoms with van der Waals surface area (Å²) < 4.78 is 0. The Morgan fingerprint density at radius 1 is 1.39 bits per heavy atom. The van der Waals surface area contributed by atoms with Gasteiger partial charge >= 0.3 is 0 Å². The molecule has 0 N–H and O–H groups in total. The third-order valence-electron chi connectivity index (χ3n) is 4.56. The minimum absolute atomic E-state index is 0.458. The minimum atomic E-state index is 0.458. The first-order valence-corrected chi connectivity index (χ1v) is 8.90. The summed E-state index contributed by atoms with van der Waals surface area (Å²) in [6.45, 7) is 7.17. The Kier molecular flexibility index (Phi) is 4.53. The van der Waals surface area contributed by atoms with Gasteiger partial charge in [0, 0.05) is 23.3 Å². The van der Waals surface area contributed by atoms with Gasteiger partial charge in [-0.15, -0.1) is 11.3 Å². The van der Waals surface area contributed by atoms with Gasteiger partial charge in [0.2, 0.25) is 0 Å². The number of hydrogen-bond donors (Lipinski definition) is 0. The van der Waals surface area contributed by atoms with E-state index in [1.165, 1.54) is 30.7 Å². The fourth-order valence-electron chi connectivity index (χ4n) is 3.11. The van der Waals surface area contributed by atoms with Crippen LogP contribution in [0.4, 0.5) is 0 Å². The lowest BCUT2D eigenvalue weighted by Crippen LogP contribution is -2.35. The van der Waals surface area contributed by atoms with Gasteiger partial charge in [0.1, 0.15) is 0 Å². The van der Waals surface area contributed by atoms with Crippen LogP contribution in [0.3, 0.4) is 0 Å². The van der Waals surface area contributed by atoms with Crippen molar-refractivity contribution in [3.8, 4) is 0 Å². The molecular weight excluding hydrogens is 306 g/mol. The van der Waals surface area contributed by atoms with Crippen molar-refractivity contribution in [1.29, 1.82) is 0 Å². The molecule has 0 aromatic carbocycles. The summed E-state index contributed by atoms with van der Waals surface area (Å²) >= 11 is 5.57. The van der Waals surface area contributed by atoms with Crippen molar-refractivity contribution in [3.05, 3.63) is 16.6 Å². The van der Waals surface area contributed by atoms with Crippen molar-refractivity contribution in [2.75, 3.05) is 5.33 Å². The average molecular weight is 330 g/mol. The third-order valence-corrected chi connectivity index (χ3v) is 6.53. The van der Waals surface area contributed by atoms with Gasteiger partial charge in [0.15, 0.2) is 0 Å². The zero-order valence-corrected chi connectivity index (χ0v) is 14.1. The van der Waals surface area contributed by atoms with Gasteiger partial charge in [-0.1, -0.05) is 36.7 Å². The Morgan fingerprint density at radius 2 is 2.06 bits per heavy atom. The van der Waals surface area contributed by atoms with E-state index in [-0.39, 0.29) is 0 Å². The molecule has 1 aliphatic carbocycles. The zero-order chi connectivity index (χ0) is 13.2. The topological polar surface area (TPSA) is 12.9 Å². The van der Waals surface area contributed by atoms with Crippen LogP contribution in [0.25, 0.3) is 0 Å². The first-order chi connectivity index (χ1) is 8.45. The summed E-state index contributed by atoms with van der Waals surface area (Å²) in [5.74, 6) is 0.890. The molecule has 0 radical (unpaired) electrons. The molecule has 18 heavy (non-hydrogen) atoms. The summed E-state index contributed by atoms with van der Waals surface area (Å²) in [7, 11) is 0. The molecule has 1 aromatic heterocycles. The standard InChI is InChI=1S/C15H24BrNS/c1-14(2,3)12-4-6-15(11-16,7-5-12)10-13-17-8-9-18-13/h8-9,12H,4-7,10-11H2,1-3H3. The average Bonchev–Trinajstić information content (AvgIpc) is 2.81. The molecule has 2 rings (SSSR count). The van der Waals surface area contributed by atoms with E-state index < -0.39 is 0 Å². The number of hydrogen-bond acceptors (Lipinski definition) is 2. The first kappa shape index (κ1) is 14.5. The number of alkyl halides is 1. The van der Waals surface area contributed by atoms with Crippen LogP contribution >= 0.6 is 27.3 Å². The van der Waals surface area contributed by atoms with Crippen molar-refractivity contribution in [1.82, 2.24) is 4.98 Å². The van der Waals surface area contributed by atoms with Crippen LogP contribution in [0.2, 0.25) is 0 Å². The Balaban J connectivity index is 2.00. The summed E-state index contributed by atoms with van der Waals surface area (Å²) in [6, 6.07) is 0. The molecule has 0 unspecified atom stereocenters. The van der Waals surface area contributed by atoms with Crippen molar-refractivity contribution < 1.29 is 0 Å². The number of rotatable bonds is 3. The van der Waals surface area contributed by atoms with Crippen LogP contribution in [0, 0.1) is 16.7 Å². The number of aromatic nitrogens is 1. The zero-order valence-electron chi connectivity index (χ0n) is 11.7. The van der Waals surface area contributed by atoms with Crippen molar-refractivity contribution in [2.45, 2.75) is 52.9 Å². The smallest absolute Gasteiger partial charge is 0.0930 e. The van der Waals surface area contributed by atoms with Crippen LogP contribution in [0.5, 0.6) is 0 Å². The molecule has 3 heteroatoms. The van der Waals surface area contributed by atoms with Gasteiger partial charge in [-0.2, -0.15) is 0 Å². The van der Waals surface area contributed by atoms with Crippen LogP contribution in [-0.4, -0.2) is 10.3 Å². The first-order valence-electron chi connectivity index (χ1n) is 6.90. The second-order valence-electron chi connectivity index (χ2n) is 6.88. The monoisotopic (exact) mass is 329 g/mol. The number of halogens is 1. The van der Waals surface area contributed by atoms with Crippen LogP contribution in [-0.2, 0) is 6.42 Å². The molecule has 1 nitrogen and oxygen atoms in total. The maximum Gasteiger partial charge on any atom is 0.0930 e. The van der Waals surface area contributed by atoms with Crippen LogP contribution < -0.4 is 0 Å². The highest BCUT2D eigenvalue weighted by atomic mass is 79.9. The predicted octanol–water partition coefficient (Wildman–Crippen LogP) is 5.30. The Hall–Kier alpha value is 0.110. The lowest BCUT2D eigenvalue weighted by atomic mass is 9.64. The Morgan fingerprint density at radius 3 is 2.50 bits per heavy atom. The van der Waals surface area contributed by atoms with Crippen LogP contribution in [0.15, 0.2) is 11.6 Å². The van der Waals surface area contributed by atoms with Crippen LogP contribution in [0.1, 0.15) is 51.5 Å². The molecule has 1 fully saturated rings. The lowest BCUT2D eigenvalue weighted by Gasteiger charge is -2.43. The molecule has 102 valence electrons. The molecular formula is C15H24BrNS. The lowest BCUT2D eigenvalue weighted by molar-refractivity contribution is 0.103.